The minimum absolute atomic E-state index is 0.00620. The summed E-state index contributed by atoms with van der Waals surface area (Å²) in [5.41, 5.74) is -1.59. The molecule has 0 aromatic carbocycles. The average Bonchev–Trinajstić information content (AvgIpc) is 2.87. The largest absolute Gasteiger partial charge is 0.393 e. The smallest absolute Gasteiger partial charge is 0.190 e. The van der Waals surface area contributed by atoms with E-state index >= 15 is 0 Å². The highest BCUT2D eigenvalue weighted by Crippen LogP contribution is 2.67. The lowest BCUT2D eigenvalue weighted by Crippen LogP contribution is -2.62. The van der Waals surface area contributed by atoms with E-state index in [1.54, 1.807) is 12.2 Å². The maximum absolute atomic E-state index is 12.4. The highest BCUT2D eigenvalue weighted by molar-refractivity contribution is 6.01. The van der Waals surface area contributed by atoms with Crippen molar-refractivity contribution in [2.45, 2.75) is 58.2 Å². The summed E-state index contributed by atoms with van der Waals surface area (Å²) in [5, 5.41) is 31.9. The molecule has 0 unspecified atom stereocenters. The van der Waals surface area contributed by atoms with Gasteiger partial charge in [-0.25, -0.2) is 0 Å². The first-order valence-corrected chi connectivity index (χ1v) is 10.1. The molecule has 0 aromatic rings. The molecule has 4 aliphatic rings. The highest BCUT2D eigenvalue weighted by Gasteiger charge is 2.68. The molecule has 148 valence electrons. The Morgan fingerprint density at radius 2 is 2.04 bits per heavy atom. The third-order valence-electron chi connectivity index (χ3n) is 8.57. The van der Waals surface area contributed by atoms with Gasteiger partial charge >= 0.3 is 0 Å². The second-order valence-corrected chi connectivity index (χ2v) is 9.72. The highest BCUT2D eigenvalue weighted by atomic mass is 16.3. The summed E-state index contributed by atoms with van der Waals surface area (Å²) in [7, 11) is 0. The van der Waals surface area contributed by atoms with Gasteiger partial charge in [0.2, 0.25) is 0 Å². The predicted octanol–water partition coefficient (Wildman–Crippen LogP) is 1.80. The number of aliphatic hydroxyl groups excluding tert-OH is 2. The summed E-state index contributed by atoms with van der Waals surface area (Å²) in [6.45, 7) is 5.48. The topological polar surface area (TPSA) is 94.8 Å². The number of carbonyl (C=O) groups excluding carboxylic acids is 2. The second-order valence-electron chi connectivity index (χ2n) is 9.72. The number of aliphatic hydroxyl groups is 3. The van der Waals surface area contributed by atoms with Gasteiger partial charge in [0.15, 0.2) is 11.6 Å². The van der Waals surface area contributed by atoms with Crippen LogP contribution in [-0.4, -0.2) is 45.2 Å². The van der Waals surface area contributed by atoms with Gasteiger partial charge in [-0.1, -0.05) is 32.4 Å². The Kier molecular flexibility index (Phi) is 4.12. The van der Waals surface area contributed by atoms with Crippen molar-refractivity contribution in [3.63, 3.8) is 0 Å². The van der Waals surface area contributed by atoms with E-state index in [0.29, 0.717) is 12.8 Å². The summed E-state index contributed by atoms with van der Waals surface area (Å²) >= 11 is 0. The molecule has 5 nitrogen and oxygen atoms in total. The Morgan fingerprint density at radius 1 is 1.33 bits per heavy atom. The van der Waals surface area contributed by atoms with Gasteiger partial charge in [-0.2, -0.15) is 0 Å². The molecule has 5 heteroatoms. The second kappa shape index (κ2) is 5.85. The molecule has 0 radical (unpaired) electrons. The fourth-order valence-electron chi connectivity index (χ4n) is 7.34. The number of fused-ring (bicyclic) bond motifs is 5. The molecule has 0 aliphatic heterocycles. The van der Waals surface area contributed by atoms with Crippen LogP contribution in [0.1, 0.15) is 46.5 Å². The number of hydrogen-bond acceptors (Lipinski definition) is 5. The van der Waals surface area contributed by atoms with Crippen LogP contribution in [0.15, 0.2) is 23.8 Å². The third kappa shape index (κ3) is 2.28. The maximum Gasteiger partial charge on any atom is 0.190 e. The first-order chi connectivity index (χ1) is 12.6. The van der Waals surface area contributed by atoms with E-state index in [0.717, 1.165) is 18.4 Å². The molecule has 0 spiro atoms. The molecule has 0 bridgehead atoms. The van der Waals surface area contributed by atoms with Crippen molar-refractivity contribution in [3.05, 3.63) is 23.8 Å². The zero-order valence-electron chi connectivity index (χ0n) is 16.3. The minimum atomic E-state index is -1.57. The molecule has 3 saturated carbocycles. The van der Waals surface area contributed by atoms with Crippen molar-refractivity contribution in [2.75, 3.05) is 6.61 Å². The Morgan fingerprint density at radius 3 is 2.70 bits per heavy atom. The molecule has 4 aliphatic carbocycles. The lowest BCUT2D eigenvalue weighted by molar-refractivity contribution is -0.180. The van der Waals surface area contributed by atoms with Crippen LogP contribution in [0, 0.1) is 34.5 Å². The molecular weight excluding hydrogens is 344 g/mol. The monoisotopic (exact) mass is 374 g/mol. The van der Waals surface area contributed by atoms with Crippen LogP contribution in [0.4, 0.5) is 0 Å². The molecular formula is C22H30O5. The predicted molar refractivity (Wildman–Crippen MR) is 99.6 cm³/mol. The lowest BCUT2D eigenvalue weighted by Gasteiger charge is -2.60. The Hall–Kier alpha value is -1.30. The molecule has 0 aromatic heterocycles. The van der Waals surface area contributed by atoms with E-state index in [1.165, 1.54) is 0 Å². The van der Waals surface area contributed by atoms with Gasteiger partial charge in [-0.05, 0) is 55.6 Å². The van der Waals surface area contributed by atoms with E-state index in [9.17, 15) is 24.9 Å². The molecule has 8 atom stereocenters. The van der Waals surface area contributed by atoms with Gasteiger partial charge in [0.1, 0.15) is 12.2 Å². The van der Waals surface area contributed by atoms with Crippen LogP contribution >= 0.6 is 0 Å². The van der Waals surface area contributed by atoms with Crippen LogP contribution in [0.2, 0.25) is 0 Å². The Balaban J connectivity index is 1.78. The van der Waals surface area contributed by atoms with E-state index < -0.39 is 29.5 Å². The molecule has 3 N–H and O–H groups in total. The van der Waals surface area contributed by atoms with Crippen LogP contribution < -0.4 is 0 Å². The van der Waals surface area contributed by atoms with Crippen molar-refractivity contribution in [1.82, 2.24) is 0 Å². The minimum Gasteiger partial charge on any atom is -0.393 e. The van der Waals surface area contributed by atoms with E-state index in [4.69, 9.17) is 0 Å². The van der Waals surface area contributed by atoms with Gasteiger partial charge < -0.3 is 15.3 Å². The Bertz CT molecular complexity index is 754. The van der Waals surface area contributed by atoms with Crippen molar-refractivity contribution < 1.29 is 24.9 Å². The van der Waals surface area contributed by atoms with Gasteiger partial charge in [0.25, 0.3) is 0 Å². The standard InChI is InChI=1S/C22H30O5/c1-12-8-14-15-5-7-22(27,18(26)11-23)21(15,3)10-17(25)19(14)20(2)6-4-13(24)9-16(12)20/h4,6,9,12,14-15,17,19,23,25,27H,5,7-8,10-11H2,1-3H3/t12-,14+,15-,17-,19+,20-,21-,22-/m0/s1. The maximum atomic E-state index is 12.4. The third-order valence-corrected chi connectivity index (χ3v) is 8.57. The quantitative estimate of drug-likeness (QED) is 0.685. The van der Waals surface area contributed by atoms with E-state index in [-0.39, 0.29) is 34.9 Å². The number of rotatable bonds is 2. The van der Waals surface area contributed by atoms with Crippen molar-refractivity contribution in [1.29, 1.82) is 0 Å². The lowest BCUT2D eigenvalue weighted by atomic mass is 9.45. The fourth-order valence-corrected chi connectivity index (χ4v) is 7.34. The molecule has 3 fully saturated rings. The summed E-state index contributed by atoms with van der Waals surface area (Å²) in [6, 6.07) is 0. The van der Waals surface area contributed by atoms with Crippen LogP contribution in [0.5, 0.6) is 0 Å². The summed E-state index contributed by atoms with van der Waals surface area (Å²) in [4.78, 5) is 24.4. The summed E-state index contributed by atoms with van der Waals surface area (Å²) in [6.07, 6.45) is 6.87. The number of Topliss-reactive ketones (excluding diaryl/α,β-unsaturated/α-hetero) is 1. The van der Waals surface area contributed by atoms with Gasteiger partial charge in [-0.15, -0.1) is 0 Å². The van der Waals surface area contributed by atoms with Crippen LogP contribution in [0.3, 0.4) is 0 Å². The van der Waals surface area contributed by atoms with Gasteiger partial charge in [0.05, 0.1) is 6.10 Å². The van der Waals surface area contributed by atoms with Crippen LogP contribution in [0.25, 0.3) is 0 Å². The number of allylic oxidation sites excluding steroid dienone is 4. The number of ketones is 2. The first kappa shape index (κ1) is 19.0. The molecule has 27 heavy (non-hydrogen) atoms. The van der Waals surface area contributed by atoms with Gasteiger partial charge in [0, 0.05) is 16.7 Å². The first-order valence-electron chi connectivity index (χ1n) is 10.1. The number of hydrogen-bond donors (Lipinski definition) is 3. The van der Waals surface area contributed by atoms with Crippen molar-refractivity contribution in [3.8, 4) is 0 Å². The molecule has 4 rings (SSSR count). The fraction of sp³-hybridized carbons (Fsp3) is 0.727. The molecule has 0 saturated heterocycles. The zero-order valence-corrected chi connectivity index (χ0v) is 16.3. The van der Waals surface area contributed by atoms with Crippen molar-refractivity contribution in [2.24, 2.45) is 34.5 Å². The summed E-state index contributed by atoms with van der Waals surface area (Å²) in [5.74, 6) is -0.0768. The number of carbonyl (C=O) groups is 2. The SMILES string of the molecule is C[C@H]1C[C@H]2[C@H]([C@@H](O)C[C@@]3(C)[C@H]2CC[C@]3(O)C(=O)CO)[C@@]2(C)C=CC(=O)C=C12. The van der Waals surface area contributed by atoms with Crippen molar-refractivity contribution >= 4 is 11.6 Å². The molecule has 0 amide bonds. The van der Waals surface area contributed by atoms with Crippen LogP contribution in [-0.2, 0) is 9.59 Å². The zero-order chi connectivity index (χ0) is 19.8. The Labute approximate surface area is 160 Å². The average molecular weight is 374 g/mol. The van der Waals surface area contributed by atoms with Gasteiger partial charge in [-0.3, -0.25) is 9.59 Å². The van der Waals surface area contributed by atoms with E-state index in [1.807, 2.05) is 13.0 Å². The molecule has 0 heterocycles. The summed E-state index contributed by atoms with van der Waals surface area (Å²) < 4.78 is 0. The van der Waals surface area contributed by atoms with E-state index in [2.05, 4.69) is 13.8 Å². The normalized spacial score (nSPS) is 51.3.